The summed E-state index contributed by atoms with van der Waals surface area (Å²) in [7, 11) is 0. The molecule has 1 fully saturated rings. The van der Waals surface area contributed by atoms with Crippen LogP contribution < -0.4 is 5.32 Å². The van der Waals surface area contributed by atoms with Crippen molar-refractivity contribution in [1.82, 2.24) is 25.5 Å². The van der Waals surface area contributed by atoms with Crippen molar-refractivity contribution in [3.05, 3.63) is 35.1 Å². The molecule has 1 aliphatic heterocycles. The second-order valence-corrected chi connectivity index (χ2v) is 6.87. The van der Waals surface area contributed by atoms with Crippen LogP contribution in [-0.2, 0) is 22.6 Å². The number of nitrogens with zero attached hydrogens (tertiary/aromatic N) is 4. The first kappa shape index (κ1) is 17.8. The van der Waals surface area contributed by atoms with E-state index in [1.165, 1.54) is 17.8 Å². The normalized spacial score (nSPS) is 17.0. The van der Waals surface area contributed by atoms with Crippen molar-refractivity contribution in [2.75, 3.05) is 12.4 Å². The first-order valence-corrected chi connectivity index (χ1v) is 9.12. The van der Waals surface area contributed by atoms with Crippen LogP contribution in [0.2, 0.25) is 0 Å². The van der Waals surface area contributed by atoms with E-state index in [4.69, 9.17) is 4.74 Å². The van der Waals surface area contributed by atoms with Crippen molar-refractivity contribution in [2.24, 2.45) is 0 Å². The van der Waals surface area contributed by atoms with Gasteiger partial charge in [-0.3, -0.25) is 4.79 Å². The fourth-order valence-electron chi connectivity index (χ4n) is 2.59. The molecule has 0 spiro atoms. The van der Waals surface area contributed by atoms with E-state index < -0.39 is 0 Å². The zero-order chi connectivity index (χ0) is 17.6. The molecule has 25 heavy (non-hydrogen) atoms. The molecule has 2 heterocycles. The van der Waals surface area contributed by atoms with Crippen molar-refractivity contribution in [3.63, 3.8) is 0 Å². The highest BCUT2D eigenvalue weighted by atomic mass is 32.2. The quantitative estimate of drug-likeness (QED) is 0.752. The van der Waals surface area contributed by atoms with Gasteiger partial charge in [-0.2, -0.15) is 0 Å². The molecule has 9 heteroatoms. The monoisotopic (exact) mass is 365 g/mol. The Labute approximate surface area is 149 Å². The molecular weight excluding hydrogens is 345 g/mol. The molecule has 1 aromatic carbocycles. The molecule has 0 bridgehead atoms. The lowest BCUT2D eigenvalue weighted by Crippen LogP contribution is -2.25. The van der Waals surface area contributed by atoms with Crippen molar-refractivity contribution in [1.29, 1.82) is 0 Å². The van der Waals surface area contributed by atoms with Gasteiger partial charge in [-0.05, 0) is 47.4 Å². The summed E-state index contributed by atoms with van der Waals surface area (Å²) in [5.74, 6) is -0.158. The standard InChI is InChI=1S/C16H20FN5O2S/c1-11-7-12(4-5-14(11)17)8-18-15(23)10-25-16-19-20-21-22(16)9-13-3-2-6-24-13/h4-5,7,13H,2-3,6,8-10H2,1H3,(H,18,23). The number of carbonyl (C=O) groups is 1. The van der Waals surface area contributed by atoms with Crippen LogP contribution in [0.25, 0.3) is 0 Å². The Morgan fingerprint density at radius 3 is 3.16 bits per heavy atom. The highest BCUT2D eigenvalue weighted by Crippen LogP contribution is 2.18. The lowest BCUT2D eigenvalue weighted by molar-refractivity contribution is -0.118. The van der Waals surface area contributed by atoms with Crippen LogP contribution in [0.1, 0.15) is 24.0 Å². The summed E-state index contributed by atoms with van der Waals surface area (Å²) in [5.41, 5.74) is 1.43. The number of aryl methyl sites for hydroxylation is 1. The number of nitrogens with one attached hydrogen (secondary N) is 1. The molecule has 134 valence electrons. The molecule has 1 aromatic heterocycles. The number of tetrazole rings is 1. The van der Waals surface area contributed by atoms with Gasteiger partial charge in [-0.25, -0.2) is 9.07 Å². The number of hydrogen-bond donors (Lipinski definition) is 1. The van der Waals surface area contributed by atoms with Crippen LogP contribution in [0.3, 0.4) is 0 Å². The van der Waals surface area contributed by atoms with Gasteiger partial charge in [-0.15, -0.1) is 5.10 Å². The SMILES string of the molecule is Cc1cc(CNC(=O)CSc2nnnn2CC2CCCO2)ccc1F. The van der Waals surface area contributed by atoms with Gasteiger partial charge in [0.2, 0.25) is 11.1 Å². The minimum Gasteiger partial charge on any atom is -0.376 e. The topological polar surface area (TPSA) is 81.9 Å². The maximum atomic E-state index is 13.2. The summed E-state index contributed by atoms with van der Waals surface area (Å²) in [4.78, 5) is 12.0. The first-order valence-electron chi connectivity index (χ1n) is 8.14. The molecule has 0 aliphatic carbocycles. The molecule has 7 nitrogen and oxygen atoms in total. The van der Waals surface area contributed by atoms with E-state index in [9.17, 15) is 9.18 Å². The number of benzene rings is 1. The Balaban J connectivity index is 1.46. The van der Waals surface area contributed by atoms with E-state index in [1.807, 2.05) is 0 Å². The van der Waals surface area contributed by atoms with E-state index >= 15 is 0 Å². The third-order valence-corrected chi connectivity index (χ3v) is 4.90. The number of carbonyl (C=O) groups excluding carboxylic acids is 1. The maximum Gasteiger partial charge on any atom is 0.230 e. The van der Waals surface area contributed by atoms with Gasteiger partial charge in [0, 0.05) is 13.2 Å². The lowest BCUT2D eigenvalue weighted by atomic mass is 10.1. The van der Waals surface area contributed by atoms with E-state index in [2.05, 4.69) is 20.8 Å². The average Bonchev–Trinajstić information content (AvgIpc) is 3.26. The molecule has 2 aromatic rings. The molecule has 0 saturated carbocycles. The van der Waals surface area contributed by atoms with Crippen molar-refractivity contribution in [2.45, 2.75) is 44.1 Å². The third kappa shape index (κ3) is 4.99. The van der Waals surface area contributed by atoms with Crippen molar-refractivity contribution in [3.8, 4) is 0 Å². The highest BCUT2D eigenvalue weighted by Gasteiger charge is 2.19. The lowest BCUT2D eigenvalue weighted by Gasteiger charge is -2.10. The molecule has 3 rings (SSSR count). The number of thioether (sulfide) groups is 1. The van der Waals surface area contributed by atoms with Crippen LogP contribution in [-0.4, -0.2) is 44.6 Å². The number of aromatic nitrogens is 4. The van der Waals surface area contributed by atoms with Crippen LogP contribution in [0.15, 0.2) is 23.4 Å². The number of ether oxygens (including phenoxy) is 1. The second kappa shape index (κ2) is 8.39. The highest BCUT2D eigenvalue weighted by molar-refractivity contribution is 7.99. The molecule has 1 saturated heterocycles. The van der Waals surface area contributed by atoms with Gasteiger partial charge in [0.05, 0.1) is 18.4 Å². The van der Waals surface area contributed by atoms with Gasteiger partial charge in [0.25, 0.3) is 0 Å². The molecule has 1 unspecified atom stereocenters. The molecular formula is C16H20FN5O2S. The molecule has 1 aliphatic rings. The Morgan fingerprint density at radius 1 is 1.52 bits per heavy atom. The summed E-state index contributed by atoms with van der Waals surface area (Å²) < 4.78 is 20.5. The van der Waals surface area contributed by atoms with Gasteiger partial charge < -0.3 is 10.1 Å². The van der Waals surface area contributed by atoms with Gasteiger partial charge in [0.1, 0.15) is 5.82 Å². The predicted octanol–water partition coefficient (Wildman–Crippen LogP) is 1.71. The molecule has 1 N–H and O–H groups in total. The van der Waals surface area contributed by atoms with Crippen molar-refractivity contribution < 1.29 is 13.9 Å². The van der Waals surface area contributed by atoms with E-state index in [-0.39, 0.29) is 23.6 Å². The third-order valence-electron chi connectivity index (χ3n) is 3.94. The van der Waals surface area contributed by atoms with Crippen molar-refractivity contribution >= 4 is 17.7 Å². The molecule has 1 atom stereocenters. The molecule has 0 radical (unpaired) electrons. The van der Waals surface area contributed by atoms with Gasteiger partial charge >= 0.3 is 0 Å². The Hall–Kier alpha value is -2.00. The van der Waals surface area contributed by atoms with E-state index in [0.29, 0.717) is 23.8 Å². The van der Waals surface area contributed by atoms with Gasteiger partial charge in [-0.1, -0.05) is 23.9 Å². The van der Waals surface area contributed by atoms with Crippen LogP contribution in [0.5, 0.6) is 0 Å². The minimum absolute atomic E-state index is 0.126. The number of amides is 1. The summed E-state index contributed by atoms with van der Waals surface area (Å²) in [5, 5.41) is 15.0. The predicted molar refractivity (Wildman–Crippen MR) is 90.5 cm³/mol. The fourth-order valence-corrected chi connectivity index (χ4v) is 3.31. The van der Waals surface area contributed by atoms with Crippen LogP contribution in [0, 0.1) is 12.7 Å². The number of hydrogen-bond acceptors (Lipinski definition) is 6. The molecule has 1 amide bonds. The zero-order valence-electron chi connectivity index (χ0n) is 13.9. The summed E-state index contributed by atoms with van der Waals surface area (Å²) in [6, 6.07) is 4.80. The second-order valence-electron chi connectivity index (χ2n) is 5.93. The van der Waals surface area contributed by atoms with E-state index in [0.717, 1.165) is 25.0 Å². The van der Waals surface area contributed by atoms with Gasteiger partial charge in [0.15, 0.2) is 0 Å². The average molecular weight is 365 g/mol. The van der Waals surface area contributed by atoms with E-state index in [1.54, 1.807) is 23.7 Å². The Morgan fingerprint density at radius 2 is 2.40 bits per heavy atom. The fraction of sp³-hybridized carbons (Fsp3) is 0.500. The summed E-state index contributed by atoms with van der Waals surface area (Å²) in [6.07, 6.45) is 2.20. The minimum atomic E-state index is -0.247. The summed E-state index contributed by atoms with van der Waals surface area (Å²) >= 11 is 1.29. The van der Waals surface area contributed by atoms with Crippen LogP contribution >= 0.6 is 11.8 Å². The number of halogens is 1. The Bertz CT molecular complexity index is 733. The number of rotatable bonds is 7. The van der Waals surface area contributed by atoms with Crippen LogP contribution in [0.4, 0.5) is 4.39 Å². The smallest absolute Gasteiger partial charge is 0.230 e. The first-order chi connectivity index (χ1) is 12.1. The summed E-state index contributed by atoms with van der Waals surface area (Å²) in [6.45, 7) is 3.44. The zero-order valence-corrected chi connectivity index (χ0v) is 14.8. The Kier molecular flexibility index (Phi) is 5.98. The maximum absolute atomic E-state index is 13.2. The largest absolute Gasteiger partial charge is 0.376 e.